The third kappa shape index (κ3) is 4.23. The van der Waals surface area contributed by atoms with Crippen LogP contribution in [0.2, 0.25) is 0 Å². The second-order valence-electron chi connectivity index (χ2n) is 9.08. The van der Waals surface area contributed by atoms with Crippen molar-refractivity contribution in [3.63, 3.8) is 0 Å². The summed E-state index contributed by atoms with van der Waals surface area (Å²) in [5, 5.41) is 2.16. The van der Waals surface area contributed by atoms with Crippen molar-refractivity contribution in [1.82, 2.24) is 19.9 Å². The van der Waals surface area contributed by atoms with E-state index in [2.05, 4.69) is 53.2 Å². The van der Waals surface area contributed by atoms with Crippen molar-refractivity contribution in [2.75, 3.05) is 37.7 Å². The van der Waals surface area contributed by atoms with Crippen LogP contribution in [0.5, 0.6) is 0 Å². The minimum atomic E-state index is -0.231. The molecule has 1 fully saturated rings. The van der Waals surface area contributed by atoms with E-state index in [0.717, 1.165) is 38.8 Å². The molecule has 3 heterocycles. The van der Waals surface area contributed by atoms with Gasteiger partial charge in [0.05, 0.1) is 17.6 Å². The van der Waals surface area contributed by atoms with Crippen LogP contribution in [0.1, 0.15) is 19.4 Å². The van der Waals surface area contributed by atoms with E-state index in [1.807, 2.05) is 26.1 Å². The van der Waals surface area contributed by atoms with Gasteiger partial charge in [0.15, 0.2) is 5.82 Å². The SMILES string of the molecule is Cc1ccc2c(N3CCN(C(=O)OCC(C)C)CC3)nc(-c3cccc4cc[nH]c34)nc2c1. The molecule has 2 aromatic carbocycles. The van der Waals surface area contributed by atoms with Gasteiger partial charge in [-0.3, -0.25) is 0 Å². The summed E-state index contributed by atoms with van der Waals surface area (Å²) in [5.74, 6) is 1.94. The van der Waals surface area contributed by atoms with Crippen LogP contribution in [0, 0.1) is 12.8 Å². The van der Waals surface area contributed by atoms with E-state index in [4.69, 9.17) is 14.7 Å². The first kappa shape index (κ1) is 21.2. The first-order chi connectivity index (χ1) is 16.0. The Morgan fingerprint density at radius 3 is 2.70 bits per heavy atom. The van der Waals surface area contributed by atoms with Crippen molar-refractivity contribution in [2.24, 2.45) is 5.92 Å². The number of H-pyrrole nitrogens is 1. The number of ether oxygens (including phenoxy) is 1. The number of rotatable bonds is 4. The molecule has 7 heteroatoms. The van der Waals surface area contributed by atoms with E-state index < -0.39 is 0 Å². The molecule has 1 aliphatic heterocycles. The molecule has 0 aliphatic carbocycles. The van der Waals surface area contributed by atoms with E-state index in [9.17, 15) is 4.79 Å². The van der Waals surface area contributed by atoms with Crippen LogP contribution in [0.25, 0.3) is 33.2 Å². The second-order valence-corrected chi connectivity index (χ2v) is 9.08. The summed E-state index contributed by atoms with van der Waals surface area (Å²) in [6.07, 6.45) is 1.71. The predicted molar refractivity (Wildman–Crippen MR) is 132 cm³/mol. The molecule has 170 valence electrons. The third-order valence-corrected chi connectivity index (χ3v) is 6.04. The van der Waals surface area contributed by atoms with Crippen LogP contribution < -0.4 is 4.90 Å². The van der Waals surface area contributed by atoms with Crippen LogP contribution in [-0.4, -0.2) is 58.7 Å². The van der Waals surface area contributed by atoms with Crippen molar-refractivity contribution in [1.29, 1.82) is 0 Å². The molecule has 7 nitrogen and oxygen atoms in total. The molecular formula is C26H29N5O2. The average molecular weight is 444 g/mol. The summed E-state index contributed by atoms with van der Waals surface area (Å²) in [5.41, 5.74) is 4.11. The van der Waals surface area contributed by atoms with E-state index in [1.54, 1.807) is 4.90 Å². The predicted octanol–water partition coefficient (Wildman–Crippen LogP) is 5.00. The number of piperazine rings is 1. The van der Waals surface area contributed by atoms with Crippen molar-refractivity contribution in [3.05, 3.63) is 54.2 Å². The minimum Gasteiger partial charge on any atom is -0.449 e. The highest BCUT2D eigenvalue weighted by Gasteiger charge is 2.25. The Balaban J connectivity index is 1.48. The summed E-state index contributed by atoms with van der Waals surface area (Å²) in [6, 6.07) is 14.5. The number of nitrogens with zero attached hydrogens (tertiary/aromatic N) is 4. The van der Waals surface area contributed by atoms with Gasteiger partial charge in [0, 0.05) is 48.7 Å². The number of amides is 1. The second kappa shape index (κ2) is 8.73. The monoisotopic (exact) mass is 443 g/mol. The molecular weight excluding hydrogens is 414 g/mol. The Bertz CT molecular complexity index is 1300. The molecule has 4 aromatic rings. The molecule has 1 aliphatic rings. The van der Waals surface area contributed by atoms with Gasteiger partial charge in [-0.15, -0.1) is 0 Å². The zero-order valence-electron chi connectivity index (χ0n) is 19.3. The van der Waals surface area contributed by atoms with E-state index in [0.29, 0.717) is 44.5 Å². The number of anilines is 1. The number of hydrogen-bond acceptors (Lipinski definition) is 5. The van der Waals surface area contributed by atoms with E-state index in [-0.39, 0.29) is 6.09 Å². The van der Waals surface area contributed by atoms with Crippen molar-refractivity contribution < 1.29 is 9.53 Å². The Labute approximate surface area is 193 Å². The number of aromatic nitrogens is 3. The fraction of sp³-hybridized carbons (Fsp3) is 0.346. The van der Waals surface area contributed by atoms with Gasteiger partial charge in [-0.2, -0.15) is 0 Å². The highest BCUT2D eigenvalue weighted by atomic mass is 16.6. The zero-order chi connectivity index (χ0) is 22.9. The van der Waals surface area contributed by atoms with Gasteiger partial charge in [-0.1, -0.05) is 32.0 Å². The lowest BCUT2D eigenvalue weighted by Gasteiger charge is -2.35. The average Bonchev–Trinajstić information content (AvgIpc) is 3.31. The number of hydrogen-bond donors (Lipinski definition) is 1. The Hall–Kier alpha value is -3.61. The number of benzene rings is 2. The number of carbonyl (C=O) groups excluding carboxylic acids is 1. The summed E-state index contributed by atoms with van der Waals surface area (Å²) in [7, 11) is 0. The van der Waals surface area contributed by atoms with Crippen LogP contribution >= 0.6 is 0 Å². The topological polar surface area (TPSA) is 74.3 Å². The number of para-hydroxylation sites is 1. The summed E-state index contributed by atoms with van der Waals surface area (Å²) < 4.78 is 5.42. The van der Waals surface area contributed by atoms with Gasteiger partial charge in [0.1, 0.15) is 5.82 Å². The van der Waals surface area contributed by atoms with E-state index >= 15 is 0 Å². The molecule has 0 unspecified atom stereocenters. The maximum atomic E-state index is 12.4. The van der Waals surface area contributed by atoms with Crippen LogP contribution in [0.3, 0.4) is 0 Å². The van der Waals surface area contributed by atoms with Gasteiger partial charge in [-0.05, 0) is 42.7 Å². The van der Waals surface area contributed by atoms with Gasteiger partial charge >= 0.3 is 6.09 Å². The lowest BCUT2D eigenvalue weighted by molar-refractivity contribution is 0.0901. The lowest BCUT2D eigenvalue weighted by Crippen LogP contribution is -2.49. The van der Waals surface area contributed by atoms with Gasteiger partial charge in [-0.25, -0.2) is 14.8 Å². The molecule has 0 saturated carbocycles. The zero-order valence-corrected chi connectivity index (χ0v) is 19.3. The van der Waals surface area contributed by atoms with E-state index in [1.165, 1.54) is 0 Å². The first-order valence-electron chi connectivity index (χ1n) is 11.5. The maximum absolute atomic E-state index is 12.4. The molecule has 1 N–H and O–H groups in total. The molecule has 1 saturated heterocycles. The number of nitrogens with one attached hydrogen (secondary N) is 1. The smallest absolute Gasteiger partial charge is 0.409 e. The summed E-state index contributed by atoms with van der Waals surface area (Å²) in [6.45, 7) is 9.21. The Morgan fingerprint density at radius 2 is 1.91 bits per heavy atom. The minimum absolute atomic E-state index is 0.231. The molecule has 2 aromatic heterocycles. The third-order valence-electron chi connectivity index (χ3n) is 6.04. The standard InChI is InChI=1S/C26H29N5O2/c1-17(2)16-33-26(32)31-13-11-30(12-14-31)25-20-8-7-18(3)15-22(20)28-24(29-25)21-6-4-5-19-9-10-27-23(19)21/h4-10,15,17,27H,11-14,16H2,1-3H3. The van der Waals surface area contributed by atoms with Crippen molar-refractivity contribution >= 4 is 33.7 Å². The Kier molecular flexibility index (Phi) is 5.62. The first-order valence-corrected chi connectivity index (χ1v) is 11.5. The number of aryl methyl sites for hydroxylation is 1. The van der Waals surface area contributed by atoms with Crippen molar-refractivity contribution in [3.8, 4) is 11.4 Å². The molecule has 0 bridgehead atoms. The highest BCUT2D eigenvalue weighted by molar-refractivity contribution is 5.96. The Morgan fingerprint density at radius 1 is 1.09 bits per heavy atom. The summed E-state index contributed by atoms with van der Waals surface area (Å²) >= 11 is 0. The lowest BCUT2D eigenvalue weighted by atomic mass is 10.1. The molecule has 0 spiro atoms. The molecule has 0 atom stereocenters. The van der Waals surface area contributed by atoms with Crippen LogP contribution in [0.4, 0.5) is 10.6 Å². The number of carbonyl (C=O) groups is 1. The normalized spacial score (nSPS) is 14.4. The van der Waals surface area contributed by atoms with Gasteiger partial charge < -0.3 is 19.5 Å². The molecule has 5 rings (SSSR count). The van der Waals surface area contributed by atoms with Gasteiger partial charge in [0.25, 0.3) is 0 Å². The van der Waals surface area contributed by atoms with Gasteiger partial charge in [0.2, 0.25) is 0 Å². The fourth-order valence-corrected chi connectivity index (χ4v) is 4.29. The molecule has 0 radical (unpaired) electrons. The number of aromatic amines is 1. The van der Waals surface area contributed by atoms with Crippen LogP contribution in [0.15, 0.2) is 48.7 Å². The maximum Gasteiger partial charge on any atom is 0.409 e. The largest absolute Gasteiger partial charge is 0.449 e. The quantitative estimate of drug-likeness (QED) is 0.480. The molecule has 33 heavy (non-hydrogen) atoms. The summed E-state index contributed by atoms with van der Waals surface area (Å²) in [4.78, 5) is 29.7. The molecule has 1 amide bonds. The number of fused-ring (bicyclic) bond motifs is 2. The fourth-order valence-electron chi connectivity index (χ4n) is 4.29. The van der Waals surface area contributed by atoms with Crippen molar-refractivity contribution in [2.45, 2.75) is 20.8 Å². The highest BCUT2D eigenvalue weighted by Crippen LogP contribution is 2.31. The van der Waals surface area contributed by atoms with Crippen LogP contribution in [-0.2, 0) is 4.74 Å².